The lowest BCUT2D eigenvalue weighted by atomic mass is 10.1. The van der Waals surface area contributed by atoms with Crippen molar-refractivity contribution in [2.45, 2.75) is 25.6 Å². The summed E-state index contributed by atoms with van der Waals surface area (Å²) >= 11 is 4.80. The van der Waals surface area contributed by atoms with Gasteiger partial charge in [-0.1, -0.05) is 12.0 Å². The van der Waals surface area contributed by atoms with Gasteiger partial charge in [-0.2, -0.15) is 4.37 Å². The van der Waals surface area contributed by atoms with E-state index in [1.807, 2.05) is 6.92 Å². The molecule has 0 saturated carbocycles. The summed E-state index contributed by atoms with van der Waals surface area (Å²) in [7, 11) is 1.66. The number of anilines is 1. The first-order valence-corrected chi connectivity index (χ1v) is 9.56. The van der Waals surface area contributed by atoms with Crippen LogP contribution in [0.2, 0.25) is 0 Å². The SMILES string of the molecule is C#Cc1c([C@@H](OC)[C@H](C)N)sc2c(NCc3cccs3)snc12. The summed E-state index contributed by atoms with van der Waals surface area (Å²) in [4.78, 5) is 2.26. The molecule has 3 aromatic heterocycles. The molecule has 7 heteroatoms. The molecule has 0 amide bonds. The highest BCUT2D eigenvalue weighted by atomic mass is 32.1. The number of ether oxygens (including phenoxy) is 1. The maximum Gasteiger partial charge on any atom is 0.127 e. The lowest BCUT2D eigenvalue weighted by molar-refractivity contribution is 0.0881. The number of terminal acetylenes is 1. The van der Waals surface area contributed by atoms with E-state index in [0.29, 0.717) is 0 Å². The van der Waals surface area contributed by atoms with Crippen LogP contribution >= 0.6 is 34.2 Å². The van der Waals surface area contributed by atoms with Gasteiger partial charge >= 0.3 is 0 Å². The van der Waals surface area contributed by atoms with E-state index in [1.165, 1.54) is 16.4 Å². The smallest absolute Gasteiger partial charge is 0.127 e. The van der Waals surface area contributed by atoms with Gasteiger partial charge in [0.1, 0.15) is 16.6 Å². The molecular formula is C16H17N3OS3. The van der Waals surface area contributed by atoms with Gasteiger partial charge in [0, 0.05) is 18.0 Å². The molecule has 0 spiro atoms. The Labute approximate surface area is 147 Å². The number of rotatable bonds is 6. The molecule has 0 aliphatic carbocycles. The minimum absolute atomic E-state index is 0.138. The first kappa shape index (κ1) is 16.4. The lowest BCUT2D eigenvalue weighted by Crippen LogP contribution is -2.25. The molecule has 0 bridgehead atoms. The van der Waals surface area contributed by atoms with Gasteiger partial charge in [0.15, 0.2) is 0 Å². The van der Waals surface area contributed by atoms with Gasteiger partial charge in [-0.15, -0.1) is 29.1 Å². The topological polar surface area (TPSA) is 60.2 Å². The fourth-order valence-corrected chi connectivity index (χ4v) is 5.34. The minimum atomic E-state index is -0.213. The normalized spacial score (nSPS) is 13.8. The fourth-order valence-electron chi connectivity index (χ4n) is 2.41. The van der Waals surface area contributed by atoms with Crippen molar-refractivity contribution in [1.82, 2.24) is 4.37 Å². The molecule has 0 aliphatic heterocycles. The van der Waals surface area contributed by atoms with Crippen molar-refractivity contribution in [2.24, 2.45) is 5.73 Å². The molecule has 0 aliphatic rings. The Balaban J connectivity index is 1.96. The van der Waals surface area contributed by atoms with Gasteiger partial charge in [-0.25, -0.2) is 0 Å². The summed E-state index contributed by atoms with van der Waals surface area (Å²) in [5, 5.41) is 6.57. The molecule has 0 fully saturated rings. The van der Waals surface area contributed by atoms with Crippen LogP contribution in [-0.2, 0) is 11.3 Å². The fraction of sp³-hybridized carbons (Fsp3) is 0.312. The van der Waals surface area contributed by atoms with Crippen molar-refractivity contribution in [3.63, 3.8) is 0 Å². The van der Waals surface area contributed by atoms with Gasteiger partial charge in [-0.3, -0.25) is 0 Å². The molecule has 3 N–H and O–H groups in total. The quantitative estimate of drug-likeness (QED) is 0.649. The van der Waals surface area contributed by atoms with Crippen LogP contribution < -0.4 is 11.1 Å². The van der Waals surface area contributed by atoms with E-state index >= 15 is 0 Å². The number of thiophene rings is 2. The predicted octanol–water partition coefficient (Wildman–Crippen LogP) is 4.05. The maximum absolute atomic E-state index is 6.04. The Bertz CT molecular complexity index is 827. The Morgan fingerprint density at radius 3 is 2.96 bits per heavy atom. The first-order valence-electron chi connectivity index (χ1n) is 7.09. The third-order valence-corrected chi connectivity index (χ3v) is 6.55. The summed E-state index contributed by atoms with van der Waals surface area (Å²) in [5.74, 6) is 2.76. The molecular weight excluding hydrogens is 346 g/mol. The number of hydrogen-bond donors (Lipinski definition) is 2. The Kier molecular flexibility index (Phi) is 4.99. The van der Waals surface area contributed by atoms with Crippen molar-refractivity contribution in [2.75, 3.05) is 12.4 Å². The molecule has 2 atom stereocenters. The monoisotopic (exact) mass is 363 g/mol. The first-order chi connectivity index (χ1) is 11.2. The van der Waals surface area contributed by atoms with Crippen LogP contribution in [0.5, 0.6) is 0 Å². The molecule has 4 nitrogen and oxygen atoms in total. The van der Waals surface area contributed by atoms with Gasteiger partial charge in [0.05, 0.1) is 21.7 Å². The third kappa shape index (κ3) is 3.13. The van der Waals surface area contributed by atoms with E-state index in [-0.39, 0.29) is 12.1 Å². The molecule has 3 rings (SSSR count). The Hall–Kier alpha value is -1.43. The van der Waals surface area contributed by atoms with Crippen molar-refractivity contribution < 1.29 is 4.74 Å². The van der Waals surface area contributed by atoms with Crippen molar-refractivity contribution in [3.8, 4) is 12.3 Å². The van der Waals surface area contributed by atoms with Crippen LogP contribution in [-0.4, -0.2) is 17.5 Å². The van der Waals surface area contributed by atoms with Gasteiger partial charge in [0.2, 0.25) is 0 Å². The standard InChI is InChI=1S/C16H17N3OS3/c1-4-11-12-15(22-14(11)13(20-3)9(2)17)16(23-19-12)18-8-10-6-5-7-21-10/h1,5-7,9,13,18H,8,17H2,2-3H3/t9-,13-/m0/s1. The van der Waals surface area contributed by atoms with Crippen LogP contribution in [0.15, 0.2) is 17.5 Å². The summed E-state index contributed by atoms with van der Waals surface area (Å²) in [5.41, 5.74) is 7.71. The second-order valence-electron chi connectivity index (χ2n) is 5.12. The molecule has 120 valence electrons. The Morgan fingerprint density at radius 2 is 2.35 bits per heavy atom. The molecule has 3 heterocycles. The minimum Gasteiger partial charge on any atom is -0.374 e. The summed E-state index contributed by atoms with van der Waals surface area (Å²) in [6, 6.07) is 4.02. The van der Waals surface area contributed by atoms with E-state index in [9.17, 15) is 0 Å². The zero-order chi connectivity index (χ0) is 16.4. The highest BCUT2D eigenvalue weighted by molar-refractivity contribution is 7.25. The number of nitrogens with two attached hydrogens (primary N) is 1. The van der Waals surface area contributed by atoms with E-state index in [4.69, 9.17) is 16.9 Å². The van der Waals surface area contributed by atoms with Gasteiger partial charge < -0.3 is 15.8 Å². The second-order valence-corrected chi connectivity index (χ2v) is 7.98. The number of nitrogens with one attached hydrogen (secondary N) is 1. The molecule has 0 unspecified atom stereocenters. The number of methoxy groups -OCH3 is 1. The summed E-state index contributed by atoms with van der Waals surface area (Å²) in [6.45, 7) is 2.71. The molecule has 0 saturated heterocycles. The zero-order valence-electron chi connectivity index (χ0n) is 12.8. The van der Waals surface area contributed by atoms with E-state index in [1.54, 1.807) is 29.8 Å². The number of fused-ring (bicyclic) bond motifs is 1. The summed E-state index contributed by atoms with van der Waals surface area (Å²) in [6.07, 6.45) is 5.51. The molecule has 23 heavy (non-hydrogen) atoms. The predicted molar refractivity (Wildman–Crippen MR) is 100 cm³/mol. The summed E-state index contributed by atoms with van der Waals surface area (Å²) < 4.78 is 11.2. The maximum atomic E-state index is 6.04. The van der Waals surface area contributed by atoms with Crippen LogP contribution in [0.1, 0.15) is 28.3 Å². The zero-order valence-corrected chi connectivity index (χ0v) is 15.3. The highest BCUT2D eigenvalue weighted by Crippen LogP contribution is 2.42. The second kappa shape index (κ2) is 6.99. The van der Waals surface area contributed by atoms with Crippen LogP contribution in [0.3, 0.4) is 0 Å². The lowest BCUT2D eigenvalue weighted by Gasteiger charge is -2.18. The number of aromatic nitrogens is 1. The molecule has 3 aromatic rings. The van der Waals surface area contributed by atoms with E-state index < -0.39 is 0 Å². The van der Waals surface area contributed by atoms with Crippen molar-refractivity contribution in [3.05, 3.63) is 32.8 Å². The average Bonchev–Trinajstić information content (AvgIpc) is 3.22. The van der Waals surface area contributed by atoms with Crippen LogP contribution in [0, 0.1) is 12.3 Å². The van der Waals surface area contributed by atoms with Crippen molar-refractivity contribution in [1.29, 1.82) is 0 Å². The number of nitrogens with zero attached hydrogens (tertiary/aromatic N) is 1. The largest absolute Gasteiger partial charge is 0.374 e. The van der Waals surface area contributed by atoms with Gasteiger partial charge in [0.25, 0.3) is 0 Å². The average molecular weight is 364 g/mol. The third-order valence-electron chi connectivity index (χ3n) is 3.48. The molecule has 0 aromatic carbocycles. The Morgan fingerprint density at radius 1 is 1.52 bits per heavy atom. The van der Waals surface area contributed by atoms with Crippen LogP contribution in [0.25, 0.3) is 10.2 Å². The van der Waals surface area contributed by atoms with E-state index in [0.717, 1.165) is 32.2 Å². The number of hydrogen-bond acceptors (Lipinski definition) is 7. The molecule has 0 radical (unpaired) electrons. The van der Waals surface area contributed by atoms with Gasteiger partial charge in [-0.05, 0) is 29.9 Å². The highest BCUT2D eigenvalue weighted by Gasteiger charge is 2.25. The van der Waals surface area contributed by atoms with E-state index in [2.05, 4.69) is 33.1 Å². The van der Waals surface area contributed by atoms with Crippen molar-refractivity contribution >= 4 is 49.4 Å². The van der Waals surface area contributed by atoms with Crippen LogP contribution in [0.4, 0.5) is 5.00 Å².